The zero-order valence-electron chi connectivity index (χ0n) is 22.2. The van der Waals surface area contributed by atoms with Gasteiger partial charge < -0.3 is 9.47 Å². The summed E-state index contributed by atoms with van der Waals surface area (Å²) >= 11 is 0. The molecule has 2 fully saturated rings. The summed E-state index contributed by atoms with van der Waals surface area (Å²) < 4.78 is 30.7. The van der Waals surface area contributed by atoms with Gasteiger partial charge in [-0.05, 0) is 49.1 Å². The minimum atomic E-state index is -3.61. The molecule has 0 radical (unpaired) electrons. The number of piperidine rings is 1. The minimum absolute atomic E-state index is 0.0142. The number of aromatic nitrogens is 2. The van der Waals surface area contributed by atoms with Crippen LogP contribution in [0.5, 0.6) is 0 Å². The van der Waals surface area contributed by atoms with Crippen molar-refractivity contribution in [3.05, 3.63) is 59.9 Å². The Kier molecular flexibility index (Phi) is 6.79. The number of rotatable bonds is 6. The first kappa shape index (κ1) is 26.4. The SMILES string of the molecule is Cn1cnc(-c2ccc3c(c2)CN(C2CCC(=O)NC2=O)C3=O)c1-c1ccc(S(=O)(=O)NC2CCCCC2)cc1. The third-order valence-electron chi connectivity index (χ3n) is 8.10. The van der Waals surface area contributed by atoms with Gasteiger partial charge in [0, 0.05) is 42.7 Å². The molecule has 10 nitrogen and oxygen atoms in total. The van der Waals surface area contributed by atoms with Gasteiger partial charge in [0.15, 0.2) is 0 Å². The van der Waals surface area contributed by atoms with Gasteiger partial charge in [0.2, 0.25) is 21.8 Å². The maximum absolute atomic E-state index is 13.1. The van der Waals surface area contributed by atoms with Crippen LogP contribution in [0, 0.1) is 0 Å². The third-order valence-corrected chi connectivity index (χ3v) is 9.64. The molecule has 0 bridgehead atoms. The molecule has 1 aromatic heterocycles. The van der Waals surface area contributed by atoms with Crippen molar-refractivity contribution in [1.82, 2.24) is 24.5 Å². The Morgan fingerprint density at radius 2 is 1.68 bits per heavy atom. The highest BCUT2D eigenvalue weighted by Gasteiger charge is 2.39. The highest BCUT2D eigenvalue weighted by atomic mass is 32.2. The second kappa shape index (κ2) is 10.3. The number of aryl methyl sites for hydroxylation is 1. The molecule has 3 amide bonds. The molecule has 2 N–H and O–H groups in total. The molecule has 1 unspecified atom stereocenters. The number of carbonyl (C=O) groups is 3. The van der Waals surface area contributed by atoms with Crippen molar-refractivity contribution in [2.75, 3.05) is 0 Å². The molecular formula is C29H31N5O5S. The predicted octanol–water partition coefficient (Wildman–Crippen LogP) is 3.13. The van der Waals surface area contributed by atoms with Crippen molar-refractivity contribution in [3.8, 4) is 22.5 Å². The van der Waals surface area contributed by atoms with Gasteiger partial charge in [0.05, 0.1) is 22.6 Å². The highest BCUT2D eigenvalue weighted by Crippen LogP contribution is 2.35. The number of sulfonamides is 1. The average Bonchev–Trinajstić information content (AvgIpc) is 3.48. The van der Waals surface area contributed by atoms with Crippen LogP contribution in [0.1, 0.15) is 60.9 Å². The van der Waals surface area contributed by atoms with E-state index in [1.54, 1.807) is 36.7 Å². The number of carbonyl (C=O) groups excluding carboxylic acids is 3. The zero-order valence-corrected chi connectivity index (χ0v) is 23.0. The van der Waals surface area contributed by atoms with Crippen LogP contribution in [0.2, 0.25) is 0 Å². The molecule has 6 rings (SSSR count). The summed E-state index contributed by atoms with van der Waals surface area (Å²) in [5.41, 5.74) is 4.46. The second-order valence-electron chi connectivity index (χ2n) is 10.8. The lowest BCUT2D eigenvalue weighted by atomic mass is 9.96. The first-order chi connectivity index (χ1) is 19.2. The maximum Gasteiger partial charge on any atom is 0.255 e. The summed E-state index contributed by atoms with van der Waals surface area (Å²) in [6.45, 7) is 0.275. The number of nitrogens with one attached hydrogen (secondary N) is 2. The van der Waals surface area contributed by atoms with Crippen LogP contribution in [0.4, 0.5) is 0 Å². The van der Waals surface area contributed by atoms with Gasteiger partial charge in [-0.25, -0.2) is 18.1 Å². The van der Waals surface area contributed by atoms with Crippen LogP contribution in [-0.2, 0) is 33.2 Å². The zero-order chi connectivity index (χ0) is 28.0. The van der Waals surface area contributed by atoms with Crippen molar-refractivity contribution < 1.29 is 22.8 Å². The second-order valence-corrected chi connectivity index (χ2v) is 12.5. The van der Waals surface area contributed by atoms with Crippen molar-refractivity contribution in [1.29, 1.82) is 0 Å². The van der Waals surface area contributed by atoms with Crippen molar-refractivity contribution in [2.24, 2.45) is 7.05 Å². The van der Waals surface area contributed by atoms with Crippen LogP contribution in [-0.4, -0.2) is 52.7 Å². The van der Waals surface area contributed by atoms with Crippen LogP contribution < -0.4 is 10.0 Å². The van der Waals surface area contributed by atoms with Crippen LogP contribution in [0.15, 0.2) is 53.7 Å². The van der Waals surface area contributed by atoms with E-state index in [1.165, 1.54) is 4.90 Å². The number of hydrogen-bond donors (Lipinski definition) is 2. The normalized spacial score (nSPS) is 20.1. The number of imidazole rings is 1. The van der Waals surface area contributed by atoms with Crippen molar-refractivity contribution in [2.45, 2.75) is 68.5 Å². The molecule has 208 valence electrons. The monoisotopic (exact) mass is 561 g/mol. The van der Waals surface area contributed by atoms with Gasteiger partial charge in [0.25, 0.3) is 5.91 Å². The summed E-state index contributed by atoms with van der Waals surface area (Å²) in [7, 11) is -1.73. The summed E-state index contributed by atoms with van der Waals surface area (Å²) in [6, 6.07) is 11.6. The van der Waals surface area contributed by atoms with E-state index in [1.807, 2.05) is 23.7 Å². The lowest BCUT2D eigenvalue weighted by Gasteiger charge is -2.29. The molecule has 3 aromatic rings. The van der Waals surface area contributed by atoms with Gasteiger partial charge in [0.1, 0.15) is 6.04 Å². The molecule has 40 heavy (non-hydrogen) atoms. The topological polar surface area (TPSA) is 130 Å². The summed E-state index contributed by atoms with van der Waals surface area (Å²) in [6.07, 6.45) is 7.19. The van der Waals surface area contributed by atoms with E-state index in [4.69, 9.17) is 0 Å². The fourth-order valence-electron chi connectivity index (χ4n) is 6.00. The number of nitrogens with zero attached hydrogens (tertiary/aromatic N) is 3. The summed E-state index contributed by atoms with van der Waals surface area (Å²) in [4.78, 5) is 43.4. The molecule has 11 heteroatoms. The Morgan fingerprint density at radius 1 is 0.950 bits per heavy atom. The fraction of sp³-hybridized carbons (Fsp3) is 0.379. The number of amides is 3. The molecule has 2 aromatic carbocycles. The van der Waals surface area contributed by atoms with E-state index >= 15 is 0 Å². The number of imide groups is 1. The third kappa shape index (κ3) is 4.84. The summed E-state index contributed by atoms with van der Waals surface area (Å²) in [5, 5.41) is 2.33. The van der Waals surface area contributed by atoms with Crippen molar-refractivity contribution >= 4 is 27.7 Å². The van der Waals surface area contributed by atoms with E-state index < -0.39 is 22.0 Å². The van der Waals surface area contributed by atoms with Crippen LogP contribution in [0.25, 0.3) is 22.5 Å². The quantitative estimate of drug-likeness (QED) is 0.445. The van der Waals surface area contributed by atoms with Crippen molar-refractivity contribution in [3.63, 3.8) is 0 Å². The average molecular weight is 562 g/mol. The first-order valence-electron chi connectivity index (χ1n) is 13.6. The van der Waals surface area contributed by atoms with Gasteiger partial charge in [-0.15, -0.1) is 0 Å². The van der Waals surface area contributed by atoms with E-state index in [2.05, 4.69) is 15.0 Å². The van der Waals surface area contributed by atoms with E-state index in [-0.39, 0.29) is 35.7 Å². The fourth-order valence-corrected chi connectivity index (χ4v) is 7.31. The number of benzene rings is 2. The Hall–Kier alpha value is -3.83. The smallest absolute Gasteiger partial charge is 0.255 e. The molecule has 3 aliphatic rings. The Balaban J connectivity index is 1.25. The Morgan fingerprint density at radius 3 is 2.40 bits per heavy atom. The van der Waals surface area contributed by atoms with Gasteiger partial charge in [-0.2, -0.15) is 0 Å². The van der Waals surface area contributed by atoms with E-state index in [0.717, 1.165) is 54.5 Å². The molecule has 1 saturated heterocycles. The number of hydrogen-bond acceptors (Lipinski definition) is 6. The maximum atomic E-state index is 13.1. The van der Waals surface area contributed by atoms with Crippen LogP contribution in [0.3, 0.4) is 0 Å². The van der Waals surface area contributed by atoms with E-state index in [9.17, 15) is 22.8 Å². The first-order valence-corrected chi connectivity index (χ1v) is 15.1. The standard InChI is InChI=1S/C29H31N5O5S/c1-33-17-30-26(27(33)18-7-10-22(11-8-18)40(38,39)32-21-5-3-2-4-6-21)19-9-12-23-20(15-19)16-34(29(23)37)24-13-14-25(35)31-28(24)36/h7-12,15,17,21,24,32H,2-6,13-14,16H2,1H3,(H,31,35,36). The van der Waals surface area contributed by atoms with Gasteiger partial charge in [-0.1, -0.05) is 37.5 Å². The highest BCUT2D eigenvalue weighted by molar-refractivity contribution is 7.89. The molecule has 0 spiro atoms. The lowest BCUT2D eigenvalue weighted by Crippen LogP contribution is -2.52. The molecule has 3 heterocycles. The van der Waals surface area contributed by atoms with E-state index in [0.29, 0.717) is 17.7 Å². The van der Waals surface area contributed by atoms with Crippen LogP contribution >= 0.6 is 0 Å². The molecule has 1 aliphatic carbocycles. The minimum Gasteiger partial charge on any atom is -0.333 e. The summed E-state index contributed by atoms with van der Waals surface area (Å²) in [5.74, 6) is -0.985. The Bertz CT molecular complexity index is 1610. The Labute approximate surface area is 232 Å². The van der Waals surface area contributed by atoms with Gasteiger partial charge in [-0.3, -0.25) is 19.7 Å². The number of fused-ring (bicyclic) bond motifs is 1. The molecule has 2 aliphatic heterocycles. The van der Waals surface area contributed by atoms with Gasteiger partial charge >= 0.3 is 0 Å². The molecule has 1 atom stereocenters. The molecule has 1 saturated carbocycles. The molecular weight excluding hydrogens is 530 g/mol. The lowest BCUT2D eigenvalue weighted by molar-refractivity contribution is -0.136. The largest absolute Gasteiger partial charge is 0.333 e. The predicted molar refractivity (Wildman–Crippen MR) is 147 cm³/mol.